The fourth-order valence-corrected chi connectivity index (χ4v) is 2.52. The average Bonchev–Trinajstić information content (AvgIpc) is 3.26. The lowest BCUT2D eigenvalue weighted by Gasteiger charge is -2.04. The third-order valence-corrected chi connectivity index (χ3v) is 3.76. The summed E-state index contributed by atoms with van der Waals surface area (Å²) in [6, 6.07) is 6.47. The molecular weight excluding hydrogens is 359 g/mol. The second-order valence-corrected chi connectivity index (χ2v) is 5.75. The van der Waals surface area contributed by atoms with Crippen LogP contribution < -0.4 is 5.43 Å². The van der Waals surface area contributed by atoms with Crippen LogP contribution in [-0.2, 0) is 6.54 Å². The second-order valence-electron chi connectivity index (χ2n) is 4.81. The Balaban J connectivity index is 1.58. The van der Waals surface area contributed by atoms with E-state index in [1.807, 2.05) is 17.5 Å². The predicted molar refractivity (Wildman–Crippen MR) is 83.2 cm³/mol. The van der Waals surface area contributed by atoms with Gasteiger partial charge >= 0.3 is 6.18 Å². The molecule has 0 saturated carbocycles. The maximum absolute atomic E-state index is 12.2. The summed E-state index contributed by atoms with van der Waals surface area (Å²) in [6.45, 7) is -1.20. The van der Waals surface area contributed by atoms with Crippen LogP contribution in [0.3, 0.4) is 0 Å². The molecule has 0 saturated heterocycles. The minimum Gasteiger partial charge on any atom is -0.355 e. The van der Waals surface area contributed by atoms with Crippen molar-refractivity contribution >= 4 is 23.5 Å². The van der Waals surface area contributed by atoms with Gasteiger partial charge < -0.3 is 4.52 Å². The highest BCUT2D eigenvalue weighted by atomic mass is 32.1. The number of alkyl halides is 3. The van der Waals surface area contributed by atoms with Crippen molar-refractivity contribution in [3.8, 4) is 10.6 Å². The van der Waals surface area contributed by atoms with Gasteiger partial charge in [0.25, 0.3) is 5.91 Å². The van der Waals surface area contributed by atoms with E-state index >= 15 is 0 Å². The Morgan fingerprint density at radius 2 is 2.28 bits per heavy atom. The Bertz CT molecular complexity index is 883. The van der Waals surface area contributed by atoms with Crippen LogP contribution in [0.5, 0.6) is 0 Å². The first-order valence-electron chi connectivity index (χ1n) is 6.85. The molecule has 0 spiro atoms. The first kappa shape index (κ1) is 16.9. The number of hydrogen-bond acceptors (Lipinski definition) is 6. The number of hydrazone groups is 1. The van der Waals surface area contributed by atoms with Crippen LogP contribution in [0, 0.1) is 0 Å². The highest BCUT2D eigenvalue weighted by molar-refractivity contribution is 7.13. The number of nitrogens with zero attached hydrogens (tertiary/aromatic N) is 4. The van der Waals surface area contributed by atoms with E-state index < -0.39 is 18.6 Å². The molecule has 0 aliphatic rings. The molecule has 7 nitrogen and oxygen atoms in total. The Morgan fingerprint density at radius 3 is 3.00 bits per heavy atom. The van der Waals surface area contributed by atoms with Crippen LogP contribution in [-0.4, -0.2) is 33.2 Å². The molecule has 1 amide bonds. The third kappa shape index (κ3) is 4.53. The van der Waals surface area contributed by atoms with Crippen molar-refractivity contribution in [1.82, 2.24) is 20.4 Å². The Morgan fingerprint density at radius 1 is 1.44 bits per heavy atom. The van der Waals surface area contributed by atoms with Crippen molar-refractivity contribution in [1.29, 1.82) is 0 Å². The minimum atomic E-state index is -4.36. The van der Waals surface area contributed by atoms with Crippen LogP contribution in [0.2, 0.25) is 0 Å². The van der Waals surface area contributed by atoms with Crippen molar-refractivity contribution in [3.63, 3.8) is 0 Å². The maximum Gasteiger partial charge on any atom is 0.408 e. The monoisotopic (exact) mass is 369 g/mol. The van der Waals surface area contributed by atoms with E-state index in [-0.39, 0.29) is 11.4 Å². The zero-order chi connectivity index (χ0) is 17.9. The molecule has 3 rings (SSSR count). The van der Waals surface area contributed by atoms with Crippen molar-refractivity contribution < 1.29 is 22.5 Å². The molecule has 0 bridgehead atoms. The van der Waals surface area contributed by atoms with Gasteiger partial charge in [-0.05, 0) is 17.5 Å². The van der Waals surface area contributed by atoms with Crippen LogP contribution in [0.1, 0.15) is 16.2 Å². The van der Waals surface area contributed by atoms with E-state index in [2.05, 4.69) is 20.8 Å². The number of carbonyl (C=O) groups excluding carboxylic acids is 1. The summed E-state index contributed by atoms with van der Waals surface area (Å²) in [5, 5.41) is 12.8. The second kappa shape index (κ2) is 6.89. The predicted octanol–water partition coefficient (Wildman–Crippen LogP) is 2.93. The summed E-state index contributed by atoms with van der Waals surface area (Å²) in [4.78, 5) is 12.7. The molecule has 0 fully saturated rings. The highest BCUT2D eigenvalue weighted by Gasteiger charge is 2.28. The third-order valence-electron chi connectivity index (χ3n) is 2.87. The first-order chi connectivity index (χ1) is 11.9. The first-order valence-corrected chi connectivity index (χ1v) is 7.73. The molecule has 1 N–H and O–H groups in total. The lowest BCUT2D eigenvalue weighted by molar-refractivity contribution is -0.142. The van der Waals surface area contributed by atoms with Gasteiger partial charge in [-0.2, -0.15) is 23.4 Å². The van der Waals surface area contributed by atoms with Gasteiger partial charge in [0.15, 0.2) is 11.5 Å². The number of aromatic nitrogens is 3. The summed E-state index contributed by atoms with van der Waals surface area (Å²) in [6.07, 6.45) is -2.06. The zero-order valence-corrected chi connectivity index (χ0v) is 13.2. The molecule has 25 heavy (non-hydrogen) atoms. The van der Waals surface area contributed by atoms with Gasteiger partial charge in [0.1, 0.15) is 12.2 Å². The van der Waals surface area contributed by atoms with Crippen LogP contribution >= 0.6 is 11.3 Å². The number of halogens is 3. The van der Waals surface area contributed by atoms with Crippen LogP contribution in [0.25, 0.3) is 10.6 Å². The molecule has 130 valence electrons. The molecule has 3 aromatic heterocycles. The Hall–Kier alpha value is -2.95. The number of amides is 1. The molecular formula is C14H10F3N5O2S. The fraction of sp³-hybridized carbons (Fsp3) is 0.143. The Kier molecular flexibility index (Phi) is 4.65. The van der Waals surface area contributed by atoms with Gasteiger partial charge in [-0.25, -0.2) is 5.43 Å². The Labute approximate surface area is 142 Å². The summed E-state index contributed by atoms with van der Waals surface area (Å²) in [7, 11) is 0. The van der Waals surface area contributed by atoms with E-state index in [0.29, 0.717) is 5.76 Å². The van der Waals surface area contributed by atoms with Gasteiger partial charge in [-0.15, -0.1) is 11.3 Å². The number of rotatable bonds is 5. The number of thiophene rings is 1. The standard InChI is InChI=1S/C14H10F3N5O2S/c15-14(16,17)8-22-4-3-9(20-22)7-18-19-13(23)10-6-11(24-21-10)12-2-1-5-25-12/h1-7H,8H2,(H,19,23). The summed E-state index contributed by atoms with van der Waals surface area (Å²) in [5.74, 6) is -0.160. The molecule has 3 heterocycles. The SMILES string of the molecule is O=C(NN=Cc1ccn(CC(F)(F)F)n1)c1cc(-c2cccs2)on1. The minimum absolute atomic E-state index is 0.0307. The van der Waals surface area contributed by atoms with Gasteiger partial charge in [-0.1, -0.05) is 11.2 Å². The molecule has 0 unspecified atom stereocenters. The molecule has 0 aliphatic carbocycles. The van der Waals surface area contributed by atoms with E-state index in [9.17, 15) is 18.0 Å². The van der Waals surface area contributed by atoms with E-state index in [1.54, 1.807) is 0 Å². The summed E-state index contributed by atoms with van der Waals surface area (Å²) in [5.41, 5.74) is 2.40. The average molecular weight is 369 g/mol. The largest absolute Gasteiger partial charge is 0.408 e. The smallest absolute Gasteiger partial charge is 0.355 e. The van der Waals surface area contributed by atoms with Crippen LogP contribution in [0.15, 0.2) is 45.5 Å². The lowest BCUT2D eigenvalue weighted by atomic mass is 10.3. The molecule has 3 aromatic rings. The van der Waals surface area contributed by atoms with E-state index in [1.165, 1.54) is 29.7 Å². The summed E-state index contributed by atoms with van der Waals surface area (Å²) >= 11 is 1.44. The molecule has 0 aromatic carbocycles. The quantitative estimate of drug-likeness (QED) is 0.554. The molecule has 0 aliphatic heterocycles. The van der Waals surface area contributed by atoms with Gasteiger partial charge in [0, 0.05) is 12.3 Å². The lowest BCUT2D eigenvalue weighted by Crippen LogP contribution is -2.18. The van der Waals surface area contributed by atoms with Crippen molar-refractivity contribution in [2.75, 3.05) is 0 Å². The summed E-state index contributed by atoms with van der Waals surface area (Å²) < 4.78 is 42.5. The zero-order valence-electron chi connectivity index (χ0n) is 12.4. The van der Waals surface area contributed by atoms with Crippen LogP contribution in [0.4, 0.5) is 13.2 Å². The molecule has 0 radical (unpaired) electrons. The topological polar surface area (TPSA) is 85.3 Å². The number of hydrogen-bond donors (Lipinski definition) is 1. The van der Waals surface area contributed by atoms with Gasteiger partial charge in [0.2, 0.25) is 0 Å². The van der Waals surface area contributed by atoms with E-state index in [4.69, 9.17) is 4.52 Å². The van der Waals surface area contributed by atoms with Gasteiger partial charge in [-0.3, -0.25) is 9.48 Å². The number of nitrogens with one attached hydrogen (secondary N) is 1. The van der Waals surface area contributed by atoms with Crippen molar-refractivity contribution in [2.45, 2.75) is 12.7 Å². The van der Waals surface area contributed by atoms with Crippen molar-refractivity contribution in [2.24, 2.45) is 5.10 Å². The van der Waals surface area contributed by atoms with Crippen molar-refractivity contribution in [3.05, 3.63) is 47.2 Å². The normalized spacial score (nSPS) is 12.0. The highest BCUT2D eigenvalue weighted by Crippen LogP contribution is 2.25. The fourth-order valence-electron chi connectivity index (χ4n) is 1.85. The number of carbonyl (C=O) groups is 1. The maximum atomic E-state index is 12.2. The molecule has 0 atom stereocenters. The van der Waals surface area contributed by atoms with E-state index in [0.717, 1.165) is 15.8 Å². The molecule has 11 heteroatoms. The van der Waals surface area contributed by atoms with Gasteiger partial charge in [0.05, 0.1) is 11.1 Å².